The average Bonchev–Trinajstić information content (AvgIpc) is 3.33. The largest absolute Gasteiger partial charge is 0.481 e. The van der Waals surface area contributed by atoms with Crippen molar-refractivity contribution in [3.05, 3.63) is 30.1 Å². The van der Waals surface area contributed by atoms with Gasteiger partial charge in [0, 0.05) is 31.6 Å². The summed E-state index contributed by atoms with van der Waals surface area (Å²) in [7, 11) is 0. The molecule has 10 heteroatoms. The lowest BCUT2D eigenvalue weighted by atomic mass is 9.79. The van der Waals surface area contributed by atoms with Crippen molar-refractivity contribution in [1.29, 1.82) is 0 Å². The Hall–Kier alpha value is -3.17. The molecule has 0 radical (unpaired) electrons. The zero-order chi connectivity index (χ0) is 23.0. The third-order valence-electron chi connectivity index (χ3n) is 6.44. The molecule has 0 saturated carbocycles. The van der Waals surface area contributed by atoms with Crippen LogP contribution < -0.4 is 4.74 Å². The van der Waals surface area contributed by atoms with E-state index in [0.29, 0.717) is 43.9 Å². The number of nitrogens with zero attached hydrogens (tertiary/aromatic N) is 6. The molecule has 2 aromatic rings. The van der Waals surface area contributed by atoms with Crippen LogP contribution in [0.5, 0.6) is 5.75 Å². The second-order valence-electron chi connectivity index (χ2n) is 9.59. The van der Waals surface area contributed by atoms with Crippen LogP contribution in [-0.4, -0.2) is 78.4 Å². The summed E-state index contributed by atoms with van der Waals surface area (Å²) < 4.78 is 7.63. The van der Waals surface area contributed by atoms with Crippen LogP contribution in [0.1, 0.15) is 45.9 Å². The first-order valence-electron chi connectivity index (χ1n) is 11.0. The Morgan fingerprint density at radius 1 is 1.16 bits per heavy atom. The number of carbonyl (C=O) groups is 2. The normalized spacial score (nSPS) is 24.1. The van der Waals surface area contributed by atoms with Crippen LogP contribution in [-0.2, 0) is 4.79 Å². The number of aryl methyl sites for hydroxylation is 1. The number of tetrazole rings is 1. The number of amides is 2. The highest BCUT2D eigenvalue weighted by molar-refractivity contribution is 5.83. The van der Waals surface area contributed by atoms with Gasteiger partial charge < -0.3 is 19.6 Å². The molecule has 2 amide bonds. The van der Waals surface area contributed by atoms with E-state index in [-0.39, 0.29) is 23.4 Å². The van der Waals surface area contributed by atoms with Gasteiger partial charge in [0.1, 0.15) is 5.75 Å². The van der Waals surface area contributed by atoms with Crippen LogP contribution >= 0.6 is 0 Å². The lowest BCUT2D eigenvalue weighted by Gasteiger charge is -2.46. The van der Waals surface area contributed by atoms with E-state index in [2.05, 4.69) is 15.5 Å². The van der Waals surface area contributed by atoms with Crippen LogP contribution in [0.3, 0.4) is 0 Å². The van der Waals surface area contributed by atoms with Crippen LogP contribution in [0.15, 0.2) is 24.3 Å². The van der Waals surface area contributed by atoms with Gasteiger partial charge in [0.25, 0.3) is 5.91 Å². The fourth-order valence-corrected chi connectivity index (χ4v) is 4.73. The highest BCUT2D eigenvalue weighted by atomic mass is 16.5. The molecule has 0 spiro atoms. The van der Waals surface area contributed by atoms with Crippen molar-refractivity contribution in [3.63, 3.8) is 0 Å². The van der Waals surface area contributed by atoms with E-state index in [9.17, 15) is 14.7 Å². The van der Waals surface area contributed by atoms with Crippen molar-refractivity contribution < 1.29 is 19.4 Å². The molecule has 3 unspecified atom stereocenters. The number of ether oxygens (including phenoxy) is 1. The number of aromatic nitrogens is 4. The third-order valence-corrected chi connectivity index (χ3v) is 6.44. The molecule has 2 aliphatic rings. The number of benzene rings is 1. The van der Waals surface area contributed by atoms with Gasteiger partial charge in [-0.1, -0.05) is 20.8 Å². The van der Waals surface area contributed by atoms with E-state index in [4.69, 9.17) is 4.74 Å². The maximum atomic E-state index is 13.1. The first-order chi connectivity index (χ1) is 15.1. The zero-order valence-corrected chi connectivity index (χ0v) is 18.9. The summed E-state index contributed by atoms with van der Waals surface area (Å²) in [5, 5.41) is 21.1. The van der Waals surface area contributed by atoms with Crippen molar-refractivity contribution in [3.8, 4) is 11.4 Å². The molecule has 2 saturated heterocycles. The molecule has 1 N–H and O–H groups in total. The molecule has 0 aliphatic carbocycles. The molecule has 1 aromatic carbocycles. The minimum absolute atomic E-state index is 0.0215. The molecule has 1 aromatic heterocycles. The van der Waals surface area contributed by atoms with Crippen LogP contribution in [0.2, 0.25) is 0 Å². The lowest BCUT2D eigenvalue weighted by molar-refractivity contribution is -0.136. The predicted octanol–water partition coefficient (Wildman–Crippen LogP) is 2.51. The summed E-state index contributed by atoms with van der Waals surface area (Å²) in [6.45, 7) is 9.04. The molecule has 0 bridgehead atoms. The Morgan fingerprint density at radius 2 is 1.88 bits per heavy atom. The standard InChI is InChI=1S/C22H30N6O4/c1-14-23-24-25-28(14)15-5-7-17(8-6-15)32-18-10-12-26(20(18)29)16-9-11-27(21(30)31)19(13-16)22(2,3)4/h5-8,16,18-19H,9-13H2,1-4H3,(H,30,31). The maximum absolute atomic E-state index is 13.1. The first-order valence-corrected chi connectivity index (χ1v) is 11.0. The van der Waals surface area contributed by atoms with Crippen molar-refractivity contribution in [2.45, 2.75) is 65.1 Å². The monoisotopic (exact) mass is 442 g/mol. The van der Waals surface area contributed by atoms with Gasteiger partial charge in [-0.15, -0.1) is 5.10 Å². The third kappa shape index (κ3) is 4.26. The topological polar surface area (TPSA) is 114 Å². The van der Waals surface area contributed by atoms with E-state index in [1.165, 1.54) is 4.90 Å². The minimum Gasteiger partial charge on any atom is -0.481 e. The van der Waals surface area contributed by atoms with Crippen molar-refractivity contribution in [2.24, 2.45) is 5.41 Å². The van der Waals surface area contributed by atoms with Crippen molar-refractivity contribution >= 4 is 12.0 Å². The summed E-state index contributed by atoms with van der Waals surface area (Å²) in [5.41, 5.74) is 0.618. The van der Waals surface area contributed by atoms with Gasteiger partial charge in [-0.25, -0.2) is 4.79 Å². The Kier molecular flexibility index (Phi) is 5.79. The SMILES string of the molecule is Cc1nnnn1-c1ccc(OC2CCN(C3CCN(C(=O)O)C(C(C)(C)C)C3)C2=O)cc1. The van der Waals surface area contributed by atoms with Crippen molar-refractivity contribution in [1.82, 2.24) is 30.0 Å². The smallest absolute Gasteiger partial charge is 0.407 e. The first kappa shape index (κ1) is 22.0. The number of piperidine rings is 1. The summed E-state index contributed by atoms with van der Waals surface area (Å²) >= 11 is 0. The second kappa shape index (κ2) is 8.40. The predicted molar refractivity (Wildman–Crippen MR) is 116 cm³/mol. The highest BCUT2D eigenvalue weighted by Crippen LogP contribution is 2.35. The molecule has 10 nitrogen and oxygen atoms in total. The number of hydrogen-bond acceptors (Lipinski definition) is 6. The molecule has 3 heterocycles. The van der Waals surface area contributed by atoms with Crippen LogP contribution in [0.25, 0.3) is 5.69 Å². The fraction of sp³-hybridized carbons (Fsp3) is 0.591. The van der Waals surface area contributed by atoms with E-state index in [0.717, 1.165) is 5.69 Å². The van der Waals surface area contributed by atoms with Gasteiger partial charge in [0.2, 0.25) is 0 Å². The Balaban J connectivity index is 1.41. The van der Waals surface area contributed by atoms with Gasteiger partial charge in [-0.3, -0.25) is 4.79 Å². The van der Waals surface area contributed by atoms with Gasteiger partial charge in [-0.2, -0.15) is 4.68 Å². The Bertz CT molecular complexity index is 983. The van der Waals surface area contributed by atoms with E-state index >= 15 is 0 Å². The highest BCUT2D eigenvalue weighted by Gasteiger charge is 2.44. The minimum atomic E-state index is -0.891. The molecule has 2 fully saturated rings. The molecule has 3 atom stereocenters. The fourth-order valence-electron chi connectivity index (χ4n) is 4.73. The quantitative estimate of drug-likeness (QED) is 0.774. The summed E-state index contributed by atoms with van der Waals surface area (Å²) in [6.07, 6.45) is 0.497. The van der Waals surface area contributed by atoms with E-state index in [1.54, 1.807) is 4.68 Å². The molecule has 32 heavy (non-hydrogen) atoms. The zero-order valence-electron chi connectivity index (χ0n) is 18.9. The maximum Gasteiger partial charge on any atom is 0.407 e. The second-order valence-corrected chi connectivity index (χ2v) is 9.59. The van der Waals surface area contributed by atoms with Crippen LogP contribution in [0, 0.1) is 12.3 Å². The molecular weight excluding hydrogens is 412 g/mol. The van der Waals surface area contributed by atoms with E-state index in [1.807, 2.05) is 56.9 Å². The average molecular weight is 443 g/mol. The van der Waals surface area contributed by atoms with Gasteiger partial charge in [-0.05, 0) is 59.9 Å². The molecule has 2 aliphatic heterocycles. The van der Waals surface area contributed by atoms with E-state index < -0.39 is 12.2 Å². The van der Waals surface area contributed by atoms with Gasteiger partial charge >= 0.3 is 6.09 Å². The van der Waals surface area contributed by atoms with Gasteiger partial charge in [0.15, 0.2) is 11.9 Å². The number of likely N-dealkylation sites (tertiary alicyclic amines) is 2. The van der Waals surface area contributed by atoms with Crippen molar-refractivity contribution in [2.75, 3.05) is 13.1 Å². The molecule has 4 rings (SSSR count). The Morgan fingerprint density at radius 3 is 2.47 bits per heavy atom. The van der Waals surface area contributed by atoms with Crippen LogP contribution in [0.4, 0.5) is 4.79 Å². The molecule has 172 valence electrons. The summed E-state index contributed by atoms with van der Waals surface area (Å²) in [4.78, 5) is 28.2. The van der Waals surface area contributed by atoms with Gasteiger partial charge in [0.05, 0.1) is 5.69 Å². The number of hydrogen-bond donors (Lipinski definition) is 1. The number of carbonyl (C=O) groups excluding carboxylic acids is 1. The number of rotatable bonds is 4. The number of carboxylic acid groups (broad SMARTS) is 1. The molecular formula is C22H30N6O4. The summed E-state index contributed by atoms with van der Waals surface area (Å²) in [5.74, 6) is 1.28. The summed E-state index contributed by atoms with van der Waals surface area (Å²) in [6, 6.07) is 7.23. The lowest BCUT2D eigenvalue weighted by Crippen LogP contribution is -2.56. The Labute approximate surface area is 187 Å².